The Hall–Kier alpha value is -1.33. The zero-order chi connectivity index (χ0) is 9.97. The van der Waals surface area contributed by atoms with Gasteiger partial charge in [-0.3, -0.25) is 0 Å². The highest BCUT2D eigenvalue weighted by atomic mass is 32.1. The molecule has 2 aromatic heterocycles. The summed E-state index contributed by atoms with van der Waals surface area (Å²) in [4.78, 5) is 0. The predicted molar refractivity (Wildman–Crippen MR) is 54.9 cm³/mol. The summed E-state index contributed by atoms with van der Waals surface area (Å²) >= 11 is 1.39. The van der Waals surface area contributed by atoms with E-state index in [4.69, 9.17) is 5.73 Å². The van der Waals surface area contributed by atoms with Crippen LogP contribution >= 0.6 is 11.5 Å². The van der Waals surface area contributed by atoms with Crippen molar-refractivity contribution in [2.45, 2.75) is 13.0 Å². The highest BCUT2D eigenvalue weighted by Crippen LogP contribution is 2.16. The first-order chi connectivity index (χ1) is 6.77. The zero-order valence-electron chi connectivity index (χ0n) is 7.71. The molecule has 0 fully saturated rings. The van der Waals surface area contributed by atoms with Crippen molar-refractivity contribution >= 4 is 11.5 Å². The summed E-state index contributed by atoms with van der Waals surface area (Å²) in [6.45, 7) is 1.89. The number of rotatable bonds is 2. The number of aryl methyl sites for hydroxylation is 1. The van der Waals surface area contributed by atoms with Crippen molar-refractivity contribution in [3.8, 4) is 0 Å². The molecule has 2 aromatic rings. The van der Waals surface area contributed by atoms with E-state index in [0.29, 0.717) is 0 Å². The molecule has 0 aliphatic carbocycles. The molecule has 0 saturated carbocycles. The summed E-state index contributed by atoms with van der Waals surface area (Å²) in [5, 5.41) is 9.88. The molecule has 72 valence electrons. The second-order valence-electron chi connectivity index (χ2n) is 3.00. The van der Waals surface area contributed by atoms with Crippen LogP contribution in [0.15, 0.2) is 23.6 Å². The van der Waals surface area contributed by atoms with Crippen molar-refractivity contribution in [2.24, 2.45) is 5.73 Å². The lowest BCUT2D eigenvalue weighted by Gasteiger charge is -2.06. The van der Waals surface area contributed by atoms with Gasteiger partial charge in [0.25, 0.3) is 0 Å². The molecule has 2 rings (SSSR count). The lowest BCUT2D eigenvalue weighted by Crippen LogP contribution is -2.14. The molecule has 0 aliphatic heterocycles. The average molecular weight is 206 g/mol. The summed E-state index contributed by atoms with van der Waals surface area (Å²) in [5.41, 5.74) is 8.43. The summed E-state index contributed by atoms with van der Waals surface area (Å²) in [7, 11) is 0. The predicted octanol–water partition coefficient (Wildman–Crippen LogP) is 1.29. The zero-order valence-corrected chi connectivity index (χ0v) is 8.53. The highest BCUT2D eigenvalue weighted by molar-refractivity contribution is 7.03. The first-order valence-corrected chi connectivity index (χ1v) is 5.07. The van der Waals surface area contributed by atoms with Crippen LogP contribution in [0.1, 0.15) is 23.1 Å². The van der Waals surface area contributed by atoms with E-state index in [1.165, 1.54) is 11.5 Å². The lowest BCUT2D eigenvalue weighted by atomic mass is 10.1. The van der Waals surface area contributed by atoms with Crippen molar-refractivity contribution in [3.05, 3.63) is 40.7 Å². The number of hydrogen-bond donors (Lipinski definition) is 1. The van der Waals surface area contributed by atoms with Crippen molar-refractivity contribution in [3.63, 3.8) is 0 Å². The Morgan fingerprint density at radius 2 is 2.07 bits per heavy atom. The molecule has 4 nitrogen and oxygen atoms in total. The van der Waals surface area contributed by atoms with Gasteiger partial charge in [0.05, 0.1) is 23.1 Å². The quantitative estimate of drug-likeness (QED) is 0.804. The van der Waals surface area contributed by atoms with Crippen LogP contribution in [-0.4, -0.2) is 14.6 Å². The van der Waals surface area contributed by atoms with Crippen molar-refractivity contribution < 1.29 is 0 Å². The first-order valence-electron chi connectivity index (χ1n) is 4.23. The maximum atomic E-state index is 5.95. The summed E-state index contributed by atoms with van der Waals surface area (Å²) < 4.78 is 4.16. The number of nitrogens with zero attached hydrogens (tertiary/aromatic N) is 3. The van der Waals surface area contributed by atoms with Crippen LogP contribution in [0.25, 0.3) is 0 Å². The topological polar surface area (TPSA) is 64.7 Å². The van der Waals surface area contributed by atoms with Gasteiger partial charge in [-0.1, -0.05) is 0 Å². The minimum absolute atomic E-state index is 0.269. The van der Waals surface area contributed by atoms with Gasteiger partial charge in [-0.25, -0.2) is 0 Å². The Labute approximate surface area is 86.0 Å². The molecule has 1 atom stereocenters. The van der Waals surface area contributed by atoms with Gasteiger partial charge in [0.15, 0.2) is 0 Å². The standard InChI is InChI=1S/C9H10N4S/c1-6-2-3-7(12-11-6)9(10)8-4-5-14-13-8/h2-5,9H,10H2,1H3. The molecule has 2 N–H and O–H groups in total. The van der Waals surface area contributed by atoms with Gasteiger partial charge < -0.3 is 5.73 Å². The number of aromatic nitrogens is 3. The molecule has 0 spiro atoms. The fraction of sp³-hybridized carbons (Fsp3) is 0.222. The van der Waals surface area contributed by atoms with E-state index in [0.717, 1.165) is 17.1 Å². The van der Waals surface area contributed by atoms with E-state index in [2.05, 4.69) is 14.6 Å². The van der Waals surface area contributed by atoms with Gasteiger partial charge in [0.2, 0.25) is 0 Å². The van der Waals surface area contributed by atoms with Crippen molar-refractivity contribution in [1.82, 2.24) is 14.6 Å². The van der Waals surface area contributed by atoms with E-state index in [1.54, 1.807) is 0 Å². The second kappa shape index (κ2) is 3.81. The highest BCUT2D eigenvalue weighted by Gasteiger charge is 2.12. The lowest BCUT2D eigenvalue weighted by molar-refractivity contribution is 0.768. The fourth-order valence-corrected chi connectivity index (χ4v) is 1.67. The smallest absolute Gasteiger partial charge is 0.0929 e. The van der Waals surface area contributed by atoms with Crippen LogP contribution in [0.5, 0.6) is 0 Å². The molecule has 0 saturated heterocycles. The Morgan fingerprint density at radius 3 is 2.64 bits per heavy atom. The van der Waals surface area contributed by atoms with E-state index < -0.39 is 0 Å². The Balaban J connectivity index is 2.28. The first kappa shape index (κ1) is 9.23. The minimum atomic E-state index is -0.269. The van der Waals surface area contributed by atoms with Gasteiger partial charge >= 0.3 is 0 Å². The van der Waals surface area contributed by atoms with E-state index in [1.807, 2.05) is 30.5 Å². The minimum Gasteiger partial charge on any atom is -0.318 e. The van der Waals surface area contributed by atoms with E-state index in [-0.39, 0.29) is 6.04 Å². The molecule has 5 heteroatoms. The molecule has 1 unspecified atom stereocenters. The van der Waals surface area contributed by atoms with Crippen molar-refractivity contribution in [2.75, 3.05) is 0 Å². The Kier molecular flexibility index (Phi) is 2.51. The van der Waals surface area contributed by atoms with Crippen LogP contribution in [-0.2, 0) is 0 Å². The fourth-order valence-electron chi connectivity index (χ4n) is 1.11. The third-order valence-corrected chi connectivity index (χ3v) is 2.49. The van der Waals surface area contributed by atoms with Crippen LogP contribution in [0.4, 0.5) is 0 Å². The van der Waals surface area contributed by atoms with E-state index in [9.17, 15) is 0 Å². The molecule has 2 heterocycles. The maximum absolute atomic E-state index is 5.95. The van der Waals surface area contributed by atoms with Crippen LogP contribution in [0.2, 0.25) is 0 Å². The molecular weight excluding hydrogens is 196 g/mol. The molecule has 0 aromatic carbocycles. The average Bonchev–Trinajstić information content (AvgIpc) is 2.71. The van der Waals surface area contributed by atoms with Crippen LogP contribution in [0, 0.1) is 6.92 Å². The van der Waals surface area contributed by atoms with Gasteiger partial charge in [0, 0.05) is 5.38 Å². The third kappa shape index (κ3) is 1.78. The van der Waals surface area contributed by atoms with Crippen LogP contribution in [0.3, 0.4) is 0 Å². The normalized spacial score (nSPS) is 12.7. The molecule has 0 amide bonds. The molecular formula is C9H10N4S. The number of hydrogen-bond acceptors (Lipinski definition) is 5. The van der Waals surface area contributed by atoms with Gasteiger partial charge in [-0.05, 0) is 36.7 Å². The molecule has 14 heavy (non-hydrogen) atoms. The van der Waals surface area contributed by atoms with Crippen LogP contribution < -0.4 is 5.73 Å². The Morgan fingerprint density at radius 1 is 1.21 bits per heavy atom. The maximum Gasteiger partial charge on any atom is 0.0929 e. The van der Waals surface area contributed by atoms with Gasteiger partial charge in [-0.2, -0.15) is 14.6 Å². The van der Waals surface area contributed by atoms with Crippen molar-refractivity contribution in [1.29, 1.82) is 0 Å². The summed E-state index contributed by atoms with van der Waals surface area (Å²) in [6, 6.07) is 5.41. The third-order valence-electron chi connectivity index (χ3n) is 1.91. The Bertz CT molecular complexity index is 395. The summed E-state index contributed by atoms with van der Waals surface area (Å²) in [6.07, 6.45) is 0. The van der Waals surface area contributed by atoms with Gasteiger partial charge in [-0.15, -0.1) is 0 Å². The van der Waals surface area contributed by atoms with Gasteiger partial charge in [0.1, 0.15) is 0 Å². The SMILES string of the molecule is Cc1ccc(C(N)c2ccsn2)nn1. The monoisotopic (exact) mass is 206 g/mol. The second-order valence-corrected chi connectivity index (χ2v) is 3.67. The largest absolute Gasteiger partial charge is 0.318 e. The molecule has 0 aliphatic rings. The summed E-state index contributed by atoms with van der Waals surface area (Å²) in [5.74, 6) is 0. The number of nitrogens with two attached hydrogens (primary N) is 1. The molecule has 0 bridgehead atoms. The molecule has 0 radical (unpaired) electrons. The van der Waals surface area contributed by atoms with E-state index >= 15 is 0 Å².